The second-order valence-electron chi connectivity index (χ2n) is 2.29. The van der Waals surface area contributed by atoms with Crippen molar-refractivity contribution in [3.8, 4) is 0 Å². The summed E-state index contributed by atoms with van der Waals surface area (Å²) in [5.41, 5.74) is 0. The molecule has 0 aliphatic rings. The number of hydrogen-bond acceptors (Lipinski definition) is 2. The third kappa shape index (κ3) is 5.16. The Balaban J connectivity index is 3.18. The lowest BCUT2D eigenvalue weighted by molar-refractivity contribution is 0.596. The lowest BCUT2D eigenvalue weighted by Crippen LogP contribution is -2.04. The van der Waals surface area contributed by atoms with E-state index < -0.39 is 0 Å². The van der Waals surface area contributed by atoms with Crippen LogP contribution in [-0.2, 0) is 0 Å². The van der Waals surface area contributed by atoms with E-state index in [-0.39, 0.29) is 0 Å². The van der Waals surface area contributed by atoms with Gasteiger partial charge in [0.25, 0.3) is 0 Å². The minimum absolute atomic E-state index is 0.841. The maximum Gasteiger partial charge on any atom is -0.00341 e. The molecular weight excluding hydrogens is 148 g/mol. The van der Waals surface area contributed by atoms with Gasteiger partial charge in [0.1, 0.15) is 0 Å². The van der Waals surface area contributed by atoms with Crippen molar-refractivity contribution in [1.82, 2.24) is 0 Å². The van der Waals surface area contributed by atoms with Crippen LogP contribution in [-0.4, -0.2) is 17.8 Å². The molecule has 0 saturated heterocycles. The van der Waals surface area contributed by atoms with Crippen LogP contribution >= 0.6 is 24.4 Å². The van der Waals surface area contributed by atoms with Crippen molar-refractivity contribution in [3.63, 3.8) is 0 Å². The Hall–Kier alpha value is 0.700. The molecule has 56 valence electrons. The van der Waals surface area contributed by atoms with E-state index in [0.29, 0.717) is 0 Å². The van der Waals surface area contributed by atoms with Crippen molar-refractivity contribution in [2.75, 3.05) is 17.8 Å². The largest absolute Gasteiger partial charge is 0.179 e. The summed E-state index contributed by atoms with van der Waals surface area (Å²) in [4.78, 5) is 0. The predicted molar refractivity (Wildman–Crippen MR) is 50.6 cm³/mol. The Labute approximate surface area is 68.2 Å². The second-order valence-corrected chi connectivity index (χ2v) is 3.57. The van der Waals surface area contributed by atoms with E-state index in [1.165, 1.54) is 18.6 Å². The van der Waals surface area contributed by atoms with Gasteiger partial charge in [0.15, 0.2) is 0 Å². The molecule has 0 aromatic carbocycles. The van der Waals surface area contributed by atoms with E-state index in [0.717, 1.165) is 11.7 Å². The molecule has 0 N–H and O–H groups in total. The van der Waals surface area contributed by atoms with Gasteiger partial charge < -0.3 is 0 Å². The first-order chi connectivity index (χ1) is 4.35. The first kappa shape index (κ1) is 9.70. The van der Waals surface area contributed by atoms with Gasteiger partial charge in [-0.1, -0.05) is 13.3 Å². The van der Waals surface area contributed by atoms with Gasteiger partial charge in [0.05, 0.1) is 0 Å². The molecule has 0 aliphatic heterocycles. The van der Waals surface area contributed by atoms with Gasteiger partial charge >= 0.3 is 0 Å². The fraction of sp³-hybridized carbons (Fsp3) is 1.00. The molecule has 0 fully saturated rings. The molecule has 0 heterocycles. The van der Waals surface area contributed by atoms with Crippen molar-refractivity contribution < 1.29 is 0 Å². The van der Waals surface area contributed by atoms with E-state index in [4.69, 9.17) is 0 Å². The summed E-state index contributed by atoms with van der Waals surface area (Å²) < 4.78 is 0. The monoisotopic (exact) mass is 164 g/mol. The van der Waals surface area contributed by atoms with Crippen LogP contribution in [0.25, 0.3) is 0 Å². The van der Waals surface area contributed by atoms with Gasteiger partial charge in [0.2, 0.25) is 0 Å². The molecule has 0 bridgehead atoms. The quantitative estimate of drug-likeness (QED) is 0.610. The molecule has 0 radical (unpaired) electrons. The van der Waals surface area contributed by atoms with E-state index in [1.807, 2.05) is 11.8 Å². The fourth-order valence-corrected chi connectivity index (χ4v) is 2.11. The van der Waals surface area contributed by atoms with Crippen molar-refractivity contribution in [2.24, 2.45) is 5.92 Å². The number of rotatable bonds is 5. The molecule has 0 rings (SSSR count). The van der Waals surface area contributed by atoms with Gasteiger partial charge in [-0.15, -0.1) is 0 Å². The van der Waals surface area contributed by atoms with Crippen LogP contribution in [0.3, 0.4) is 0 Å². The standard InChI is InChI=1S/C7H16S2/c1-3-4-7(5-8)6-9-2/h7-8H,3-6H2,1-2H3. The van der Waals surface area contributed by atoms with Crippen LogP contribution in [0, 0.1) is 5.92 Å². The zero-order valence-electron chi connectivity index (χ0n) is 6.26. The SMILES string of the molecule is CCCC(CS)CSC. The van der Waals surface area contributed by atoms with Gasteiger partial charge in [0, 0.05) is 0 Å². The zero-order valence-corrected chi connectivity index (χ0v) is 7.97. The molecule has 0 spiro atoms. The first-order valence-electron chi connectivity index (χ1n) is 3.45. The smallest absolute Gasteiger partial charge is 0.00341 e. The molecule has 0 amide bonds. The van der Waals surface area contributed by atoms with E-state index >= 15 is 0 Å². The Bertz CT molecular complexity index is 48.9. The molecule has 0 nitrogen and oxygen atoms in total. The topological polar surface area (TPSA) is 0 Å². The van der Waals surface area contributed by atoms with Crippen molar-refractivity contribution >= 4 is 24.4 Å². The van der Waals surface area contributed by atoms with Crippen LogP contribution in [0.2, 0.25) is 0 Å². The molecular formula is C7H16S2. The highest BCUT2D eigenvalue weighted by molar-refractivity contribution is 7.98. The minimum atomic E-state index is 0.841. The molecule has 2 heteroatoms. The summed E-state index contributed by atoms with van der Waals surface area (Å²) in [6, 6.07) is 0. The average Bonchev–Trinajstić information content (AvgIpc) is 1.88. The zero-order chi connectivity index (χ0) is 7.11. The van der Waals surface area contributed by atoms with Crippen molar-refractivity contribution in [2.45, 2.75) is 19.8 Å². The Morgan fingerprint density at radius 1 is 1.56 bits per heavy atom. The first-order valence-corrected chi connectivity index (χ1v) is 5.47. The summed E-state index contributed by atoms with van der Waals surface area (Å²) in [7, 11) is 0. The highest BCUT2D eigenvalue weighted by atomic mass is 32.2. The van der Waals surface area contributed by atoms with Crippen LogP contribution in [0.5, 0.6) is 0 Å². The van der Waals surface area contributed by atoms with Crippen molar-refractivity contribution in [1.29, 1.82) is 0 Å². The van der Waals surface area contributed by atoms with Crippen LogP contribution in [0.4, 0.5) is 0 Å². The average molecular weight is 164 g/mol. The number of thioether (sulfide) groups is 1. The van der Waals surface area contributed by atoms with Gasteiger partial charge in [-0.05, 0) is 30.1 Å². The fourth-order valence-electron chi connectivity index (χ4n) is 0.871. The normalized spacial score (nSPS) is 13.7. The van der Waals surface area contributed by atoms with Crippen LogP contribution in [0.1, 0.15) is 19.8 Å². The van der Waals surface area contributed by atoms with E-state index in [9.17, 15) is 0 Å². The predicted octanol–water partition coefficient (Wildman–Crippen LogP) is 2.70. The van der Waals surface area contributed by atoms with Gasteiger partial charge in [-0.2, -0.15) is 24.4 Å². The summed E-state index contributed by atoms with van der Waals surface area (Å²) in [6.07, 6.45) is 4.79. The van der Waals surface area contributed by atoms with Gasteiger partial charge in [-0.25, -0.2) is 0 Å². The number of thiol groups is 1. The van der Waals surface area contributed by atoms with E-state index in [2.05, 4.69) is 25.8 Å². The summed E-state index contributed by atoms with van der Waals surface area (Å²) in [5, 5.41) is 0. The molecule has 0 aliphatic carbocycles. The van der Waals surface area contributed by atoms with E-state index in [1.54, 1.807) is 0 Å². The van der Waals surface area contributed by atoms with Crippen LogP contribution < -0.4 is 0 Å². The molecule has 1 atom stereocenters. The Morgan fingerprint density at radius 3 is 2.56 bits per heavy atom. The lowest BCUT2D eigenvalue weighted by atomic mass is 10.1. The summed E-state index contributed by atoms with van der Waals surface area (Å²) in [6.45, 7) is 2.23. The molecule has 1 unspecified atom stereocenters. The molecule has 0 aromatic heterocycles. The second kappa shape index (κ2) is 6.81. The summed E-state index contributed by atoms with van der Waals surface area (Å²) >= 11 is 6.20. The third-order valence-corrected chi connectivity index (χ3v) is 2.68. The molecule has 0 aromatic rings. The molecule has 0 saturated carbocycles. The highest BCUT2D eigenvalue weighted by Crippen LogP contribution is 2.12. The highest BCUT2D eigenvalue weighted by Gasteiger charge is 2.02. The number of hydrogen-bond donors (Lipinski definition) is 1. The van der Waals surface area contributed by atoms with Crippen LogP contribution in [0.15, 0.2) is 0 Å². The Kier molecular flexibility index (Phi) is 7.34. The van der Waals surface area contributed by atoms with Crippen molar-refractivity contribution in [3.05, 3.63) is 0 Å². The van der Waals surface area contributed by atoms with Gasteiger partial charge in [-0.3, -0.25) is 0 Å². The minimum Gasteiger partial charge on any atom is -0.179 e. The maximum absolute atomic E-state index is 4.27. The molecule has 9 heavy (non-hydrogen) atoms. The lowest BCUT2D eigenvalue weighted by Gasteiger charge is -2.09. The summed E-state index contributed by atoms with van der Waals surface area (Å²) in [5.74, 6) is 3.17. The third-order valence-electron chi connectivity index (χ3n) is 1.36. The maximum atomic E-state index is 4.27. The Morgan fingerprint density at radius 2 is 2.22 bits per heavy atom.